The van der Waals surface area contributed by atoms with Gasteiger partial charge in [0.25, 0.3) is 0 Å². The largest absolute Gasteiger partial charge is 0.481 e. The molecule has 2 amide bonds. The zero-order chi connectivity index (χ0) is 24.2. The maximum atomic E-state index is 12.8. The highest BCUT2D eigenvalue weighted by Crippen LogP contribution is 2.19. The molecule has 33 heavy (non-hydrogen) atoms. The molecule has 0 unspecified atom stereocenters. The second-order valence-corrected chi connectivity index (χ2v) is 9.56. The molecule has 12 heteroatoms. The van der Waals surface area contributed by atoms with E-state index in [4.69, 9.17) is 4.74 Å². The lowest BCUT2D eigenvalue weighted by Crippen LogP contribution is -2.54. The average molecular weight is 479 g/mol. The van der Waals surface area contributed by atoms with E-state index in [1.54, 1.807) is 32.0 Å². The van der Waals surface area contributed by atoms with E-state index in [1.165, 1.54) is 23.3 Å². The number of nitrogens with one attached hydrogen (secondary N) is 1. The van der Waals surface area contributed by atoms with Crippen LogP contribution in [0.1, 0.15) is 18.9 Å². The van der Waals surface area contributed by atoms with Crippen LogP contribution in [-0.2, 0) is 14.3 Å². The molecule has 1 aromatic heterocycles. The van der Waals surface area contributed by atoms with Crippen LogP contribution in [-0.4, -0.2) is 109 Å². The van der Waals surface area contributed by atoms with Gasteiger partial charge in [-0.15, -0.1) is 11.3 Å². The normalized spacial score (nSPS) is 17.3. The van der Waals surface area contributed by atoms with Gasteiger partial charge in [-0.25, -0.2) is 14.6 Å². The van der Waals surface area contributed by atoms with Crippen molar-refractivity contribution in [1.29, 1.82) is 0 Å². The lowest BCUT2D eigenvalue weighted by atomic mass is 9.93. The van der Waals surface area contributed by atoms with Gasteiger partial charge < -0.3 is 25.0 Å². The summed E-state index contributed by atoms with van der Waals surface area (Å²) in [5.41, 5.74) is 0.181. The van der Waals surface area contributed by atoms with Gasteiger partial charge in [-0.2, -0.15) is 0 Å². The van der Waals surface area contributed by atoms with Gasteiger partial charge in [-0.05, 0) is 13.8 Å². The Hall–Kier alpha value is -2.99. The van der Waals surface area contributed by atoms with E-state index >= 15 is 0 Å². The molecule has 3 heterocycles. The number of aliphatic carboxylic acids is 1. The number of hydrogen-bond donors (Lipinski definition) is 2. The number of ether oxygens (including phenoxy) is 1. The number of esters is 1. The van der Waals surface area contributed by atoms with Gasteiger partial charge in [0.2, 0.25) is 0 Å². The molecule has 11 nitrogen and oxygen atoms in total. The first-order chi connectivity index (χ1) is 15.6. The van der Waals surface area contributed by atoms with Crippen LogP contribution >= 0.6 is 11.3 Å². The number of hydrogen-bond acceptors (Lipinski definition) is 9. The second-order valence-electron chi connectivity index (χ2n) is 8.67. The van der Waals surface area contributed by atoms with E-state index in [1.807, 2.05) is 5.38 Å². The Balaban J connectivity index is 1.60. The lowest BCUT2D eigenvalue weighted by molar-refractivity contribution is -0.147. The van der Waals surface area contributed by atoms with Crippen molar-refractivity contribution in [2.24, 2.45) is 10.4 Å². The molecule has 0 aliphatic carbocycles. The van der Waals surface area contributed by atoms with Crippen molar-refractivity contribution < 1.29 is 24.2 Å². The Morgan fingerprint density at radius 1 is 1.27 bits per heavy atom. The van der Waals surface area contributed by atoms with Crippen LogP contribution in [0.5, 0.6) is 0 Å². The van der Waals surface area contributed by atoms with Crippen LogP contribution < -0.4 is 5.32 Å². The Labute approximate surface area is 196 Å². The van der Waals surface area contributed by atoms with E-state index in [0.717, 1.165) is 10.7 Å². The molecule has 2 aliphatic rings. The predicted octanol–water partition coefficient (Wildman–Crippen LogP) is 0.700. The molecule has 0 radical (unpaired) electrons. The molecule has 0 atom stereocenters. The summed E-state index contributed by atoms with van der Waals surface area (Å²) < 4.78 is 4.93. The SMILES string of the molecule is COC(=O)C1=C(CN2CCN(C(=O)N(C)CC(C)(C)C(=O)O)CC2)NC(c2nccs2)=NC1. The number of amides is 2. The Kier molecular flexibility index (Phi) is 7.69. The number of carbonyl (C=O) groups excluding carboxylic acids is 2. The number of carbonyl (C=O) groups is 3. The van der Waals surface area contributed by atoms with Gasteiger partial charge in [0, 0.05) is 63.6 Å². The number of amidine groups is 1. The summed E-state index contributed by atoms with van der Waals surface area (Å²) in [4.78, 5) is 50.5. The molecule has 0 spiro atoms. The standard InChI is InChI=1S/C21H30N6O5S/c1-21(2,19(29)30)13-25(3)20(31)27-8-6-26(7-9-27)12-15-14(18(28)32-4)11-23-16(24-15)17-22-5-10-33-17/h5,10H,6-9,11-13H2,1-4H3,(H,23,24)(H,29,30). The average Bonchev–Trinajstić information content (AvgIpc) is 3.33. The number of rotatable bonds is 7. The van der Waals surface area contributed by atoms with E-state index < -0.39 is 17.4 Å². The predicted molar refractivity (Wildman–Crippen MR) is 123 cm³/mol. The smallest absolute Gasteiger partial charge is 0.337 e. The van der Waals surface area contributed by atoms with Gasteiger partial charge in [0.05, 0.1) is 24.6 Å². The highest BCUT2D eigenvalue weighted by molar-refractivity contribution is 7.11. The first kappa shape index (κ1) is 24.6. The number of methoxy groups -OCH3 is 1. The molecule has 3 rings (SSSR count). The minimum Gasteiger partial charge on any atom is -0.481 e. The third-order valence-electron chi connectivity index (χ3n) is 5.66. The van der Waals surface area contributed by atoms with Crippen molar-refractivity contribution in [3.63, 3.8) is 0 Å². The maximum absolute atomic E-state index is 12.8. The number of piperazine rings is 1. The summed E-state index contributed by atoms with van der Waals surface area (Å²) in [5.74, 6) is -0.734. The van der Waals surface area contributed by atoms with E-state index in [-0.39, 0.29) is 19.1 Å². The fraction of sp³-hybridized carbons (Fsp3) is 0.571. The summed E-state index contributed by atoms with van der Waals surface area (Å²) in [5, 5.41) is 15.2. The van der Waals surface area contributed by atoms with Crippen LogP contribution in [0.25, 0.3) is 0 Å². The summed E-state index contributed by atoms with van der Waals surface area (Å²) in [6.45, 7) is 6.27. The highest BCUT2D eigenvalue weighted by Gasteiger charge is 2.33. The minimum absolute atomic E-state index is 0.125. The number of aromatic nitrogens is 1. The Morgan fingerprint density at radius 3 is 2.55 bits per heavy atom. The molecule has 0 bridgehead atoms. The molecule has 180 valence electrons. The first-order valence-corrected chi connectivity index (χ1v) is 11.5. The zero-order valence-corrected chi connectivity index (χ0v) is 20.1. The number of thiazole rings is 1. The van der Waals surface area contributed by atoms with E-state index in [0.29, 0.717) is 44.1 Å². The molecule has 2 aliphatic heterocycles. The van der Waals surface area contributed by atoms with Crippen molar-refractivity contribution in [3.05, 3.63) is 27.9 Å². The van der Waals surface area contributed by atoms with Gasteiger partial charge in [-0.1, -0.05) is 0 Å². The number of urea groups is 1. The van der Waals surface area contributed by atoms with Gasteiger partial charge in [-0.3, -0.25) is 14.7 Å². The molecule has 1 aromatic rings. The minimum atomic E-state index is -1.02. The van der Waals surface area contributed by atoms with Gasteiger partial charge in [0.1, 0.15) is 0 Å². The van der Waals surface area contributed by atoms with Crippen LogP contribution in [0.3, 0.4) is 0 Å². The van der Waals surface area contributed by atoms with Gasteiger partial charge in [0.15, 0.2) is 10.8 Å². The Bertz CT molecular complexity index is 950. The molecule has 1 saturated heterocycles. The fourth-order valence-electron chi connectivity index (χ4n) is 3.71. The van der Waals surface area contributed by atoms with E-state index in [9.17, 15) is 19.5 Å². The van der Waals surface area contributed by atoms with Crippen molar-refractivity contribution in [3.8, 4) is 0 Å². The fourth-order valence-corrected chi connectivity index (χ4v) is 4.31. The maximum Gasteiger partial charge on any atom is 0.337 e. The zero-order valence-electron chi connectivity index (χ0n) is 19.3. The van der Waals surface area contributed by atoms with Crippen molar-refractivity contribution in [1.82, 2.24) is 25.0 Å². The number of carboxylic acid groups (broad SMARTS) is 1. The molecule has 0 aromatic carbocycles. The second kappa shape index (κ2) is 10.3. The topological polar surface area (TPSA) is 128 Å². The number of carboxylic acids is 1. The van der Waals surface area contributed by atoms with Crippen LogP contribution in [0.4, 0.5) is 4.79 Å². The molecular weight excluding hydrogens is 448 g/mol. The van der Waals surface area contributed by atoms with Gasteiger partial charge >= 0.3 is 18.0 Å². The van der Waals surface area contributed by atoms with E-state index in [2.05, 4.69) is 20.2 Å². The molecule has 0 saturated carbocycles. The first-order valence-electron chi connectivity index (χ1n) is 10.6. The van der Waals surface area contributed by atoms with Crippen LogP contribution in [0.2, 0.25) is 0 Å². The summed E-state index contributed by atoms with van der Waals surface area (Å²) in [6, 6.07) is -0.188. The number of nitrogens with zero attached hydrogens (tertiary/aromatic N) is 5. The third-order valence-corrected chi connectivity index (χ3v) is 6.44. The number of aliphatic imine (C=N–C) groups is 1. The Morgan fingerprint density at radius 2 is 1.97 bits per heavy atom. The molecule has 2 N–H and O–H groups in total. The summed E-state index contributed by atoms with van der Waals surface area (Å²) in [6.07, 6.45) is 1.70. The summed E-state index contributed by atoms with van der Waals surface area (Å²) >= 11 is 1.46. The molecule has 1 fully saturated rings. The van der Waals surface area contributed by atoms with Crippen molar-refractivity contribution in [2.75, 3.05) is 60.0 Å². The molecular formula is C21H30N6O5S. The summed E-state index contributed by atoms with van der Waals surface area (Å²) in [7, 11) is 2.97. The monoisotopic (exact) mass is 478 g/mol. The lowest BCUT2D eigenvalue weighted by Gasteiger charge is -2.38. The van der Waals surface area contributed by atoms with Crippen LogP contribution in [0.15, 0.2) is 27.8 Å². The third kappa shape index (κ3) is 5.88. The van der Waals surface area contributed by atoms with Crippen LogP contribution in [0, 0.1) is 5.41 Å². The van der Waals surface area contributed by atoms with Crippen molar-refractivity contribution >= 4 is 35.1 Å². The quantitative estimate of drug-likeness (QED) is 0.548. The highest BCUT2D eigenvalue weighted by atomic mass is 32.1. The van der Waals surface area contributed by atoms with Crippen molar-refractivity contribution in [2.45, 2.75) is 13.8 Å².